The molecule has 1 N–H and O–H groups in total. The van der Waals surface area contributed by atoms with Crippen LogP contribution in [0.3, 0.4) is 0 Å². The van der Waals surface area contributed by atoms with Crippen molar-refractivity contribution in [3.05, 3.63) is 35.4 Å². The summed E-state index contributed by atoms with van der Waals surface area (Å²) in [5, 5.41) is 9.08. The molecule has 1 saturated heterocycles. The summed E-state index contributed by atoms with van der Waals surface area (Å²) in [6.07, 6.45) is 8.17. The average Bonchev–Trinajstić information content (AvgIpc) is 3.09. The van der Waals surface area contributed by atoms with Crippen LogP contribution in [-0.2, 0) is 6.54 Å². The Bertz CT molecular complexity index is 480. The van der Waals surface area contributed by atoms with Crippen LogP contribution in [0, 0.1) is 5.92 Å². The second kappa shape index (κ2) is 5.96. The van der Waals surface area contributed by atoms with Gasteiger partial charge >= 0.3 is 5.97 Å². The van der Waals surface area contributed by atoms with E-state index >= 15 is 0 Å². The van der Waals surface area contributed by atoms with Gasteiger partial charge in [0, 0.05) is 12.6 Å². The van der Waals surface area contributed by atoms with Crippen LogP contribution < -0.4 is 0 Å². The Kier molecular flexibility index (Phi) is 4.06. The van der Waals surface area contributed by atoms with E-state index < -0.39 is 5.97 Å². The number of nitrogens with zero attached hydrogens (tertiary/aromatic N) is 1. The number of hydrogen-bond acceptors (Lipinski definition) is 2. The first-order chi connectivity index (χ1) is 9.74. The van der Waals surface area contributed by atoms with Gasteiger partial charge in [-0.05, 0) is 55.8 Å². The molecule has 1 aromatic rings. The van der Waals surface area contributed by atoms with E-state index in [9.17, 15) is 4.79 Å². The predicted octanol–water partition coefficient (Wildman–Crippen LogP) is 3.54. The van der Waals surface area contributed by atoms with Gasteiger partial charge in [-0.2, -0.15) is 0 Å². The highest BCUT2D eigenvalue weighted by atomic mass is 16.4. The molecule has 1 saturated carbocycles. The summed E-state index contributed by atoms with van der Waals surface area (Å²) in [4.78, 5) is 13.6. The minimum atomic E-state index is -0.833. The molecular formula is C17H23NO2. The summed E-state index contributed by atoms with van der Waals surface area (Å²) in [7, 11) is 0. The lowest BCUT2D eigenvalue weighted by molar-refractivity contribution is 0.0696. The van der Waals surface area contributed by atoms with Gasteiger partial charge in [0.25, 0.3) is 0 Å². The molecule has 1 aliphatic carbocycles. The van der Waals surface area contributed by atoms with Crippen LogP contribution in [-0.4, -0.2) is 28.6 Å². The monoisotopic (exact) mass is 273 g/mol. The minimum Gasteiger partial charge on any atom is -0.478 e. The third-order valence-electron chi connectivity index (χ3n) is 4.92. The van der Waals surface area contributed by atoms with E-state index in [0.29, 0.717) is 5.56 Å². The van der Waals surface area contributed by atoms with Crippen molar-refractivity contribution in [3.8, 4) is 0 Å². The van der Waals surface area contributed by atoms with Crippen molar-refractivity contribution in [2.75, 3.05) is 6.54 Å². The third-order valence-corrected chi connectivity index (χ3v) is 4.92. The summed E-state index contributed by atoms with van der Waals surface area (Å²) >= 11 is 0. The number of rotatable bonds is 4. The number of benzene rings is 1. The Morgan fingerprint density at radius 3 is 2.75 bits per heavy atom. The van der Waals surface area contributed by atoms with Gasteiger partial charge in [-0.1, -0.05) is 25.0 Å². The number of likely N-dealkylation sites (tertiary alicyclic amines) is 1. The van der Waals surface area contributed by atoms with Crippen LogP contribution in [0.5, 0.6) is 0 Å². The smallest absolute Gasteiger partial charge is 0.335 e. The third kappa shape index (κ3) is 2.88. The van der Waals surface area contributed by atoms with E-state index in [1.165, 1.54) is 45.1 Å². The molecule has 1 atom stereocenters. The molecule has 3 heteroatoms. The molecular weight excluding hydrogens is 250 g/mol. The van der Waals surface area contributed by atoms with Gasteiger partial charge in [0.05, 0.1) is 5.56 Å². The molecule has 0 radical (unpaired) electrons. The minimum absolute atomic E-state index is 0.402. The highest BCUT2D eigenvalue weighted by Gasteiger charge is 2.33. The first kappa shape index (κ1) is 13.6. The number of aromatic carboxylic acids is 1. The predicted molar refractivity (Wildman–Crippen MR) is 78.8 cm³/mol. The molecule has 2 fully saturated rings. The van der Waals surface area contributed by atoms with E-state index in [-0.39, 0.29) is 0 Å². The number of carbonyl (C=O) groups is 1. The summed E-state index contributed by atoms with van der Waals surface area (Å²) in [6, 6.07) is 8.14. The van der Waals surface area contributed by atoms with Gasteiger partial charge in [-0.15, -0.1) is 0 Å². The van der Waals surface area contributed by atoms with E-state index in [2.05, 4.69) is 11.0 Å². The van der Waals surface area contributed by atoms with Crippen molar-refractivity contribution in [1.82, 2.24) is 4.90 Å². The van der Waals surface area contributed by atoms with Gasteiger partial charge in [0.2, 0.25) is 0 Å². The molecule has 0 bridgehead atoms. The topological polar surface area (TPSA) is 40.5 Å². The Morgan fingerprint density at radius 1 is 1.20 bits per heavy atom. The summed E-state index contributed by atoms with van der Waals surface area (Å²) < 4.78 is 0. The van der Waals surface area contributed by atoms with Crippen molar-refractivity contribution in [3.63, 3.8) is 0 Å². The number of carboxylic acids is 1. The van der Waals surface area contributed by atoms with Crippen molar-refractivity contribution in [2.24, 2.45) is 5.92 Å². The maximum atomic E-state index is 11.1. The fourth-order valence-corrected chi connectivity index (χ4v) is 3.96. The Morgan fingerprint density at radius 2 is 2.00 bits per heavy atom. The second-order valence-electron chi connectivity index (χ2n) is 6.23. The lowest BCUT2D eigenvalue weighted by Crippen LogP contribution is -2.34. The molecule has 0 amide bonds. The Hall–Kier alpha value is -1.35. The van der Waals surface area contributed by atoms with Gasteiger partial charge < -0.3 is 5.11 Å². The van der Waals surface area contributed by atoms with Crippen molar-refractivity contribution in [2.45, 2.75) is 51.1 Å². The van der Waals surface area contributed by atoms with Gasteiger partial charge in [0.1, 0.15) is 0 Å². The van der Waals surface area contributed by atoms with Gasteiger partial charge in [-0.3, -0.25) is 4.90 Å². The maximum absolute atomic E-state index is 11.1. The molecule has 1 aromatic carbocycles. The first-order valence-electron chi connectivity index (χ1n) is 7.80. The second-order valence-corrected chi connectivity index (χ2v) is 6.23. The van der Waals surface area contributed by atoms with Crippen LogP contribution in [0.2, 0.25) is 0 Å². The SMILES string of the molecule is O=C(O)c1cccc(CN2CCCC2C2CCCC2)c1. The number of carboxylic acid groups (broad SMARTS) is 1. The van der Waals surface area contributed by atoms with Crippen LogP contribution in [0.4, 0.5) is 0 Å². The number of hydrogen-bond donors (Lipinski definition) is 1. The fraction of sp³-hybridized carbons (Fsp3) is 0.588. The Labute approximate surface area is 120 Å². The first-order valence-corrected chi connectivity index (χ1v) is 7.80. The molecule has 20 heavy (non-hydrogen) atoms. The molecule has 2 aliphatic rings. The molecule has 3 nitrogen and oxygen atoms in total. The van der Waals surface area contributed by atoms with E-state index in [1.807, 2.05) is 12.1 Å². The summed E-state index contributed by atoms with van der Waals surface area (Å²) in [5.74, 6) is 0.0424. The van der Waals surface area contributed by atoms with Crippen LogP contribution in [0.15, 0.2) is 24.3 Å². The molecule has 0 aromatic heterocycles. The zero-order valence-corrected chi connectivity index (χ0v) is 11.9. The quantitative estimate of drug-likeness (QED) is 0.912. The van der Waals surface area contributed by atoms with Crippen LogP contribution in [0.25, 0.3) is 0 Å². The fourth-order valence-electron chi connectivity index (χ4n) is 3.96. The molecule has 0 spiro atoms. The summed E-state index contributed by atoms with van der Waals surface area (Å²) in [6.45, 7) is 2.07. The van der Waals surface area contributed by atoms with Gasteiger partial charge in [0.15, 0.2) is 0 Å². The summed E-state index contributed by atoms with van der Waals surface area (Å²) in [5.41, 5.74) is 1.54. The van der Waals surface area contributed by atoms with E-state index in [4.69, 9.17) is 5.11 Å². The van der Waals surface area contributed by atoms with Crippen LogP contribution >= 0.6 is 0 Å². The molecule has 108 valence electrons. The zero-order valence-electron chi connectivity index (χ0n) is 11.9. The van der Waals surface area contributed by atoms with Crippen LogP contribution in [0.1, 0.15) is 54.4 Å². The normalized spacial score (nSPS) is 24.3. The van der Waals surface area contributed by atoms with Crippen molar-refractivity contribution < 1.29 is 9.90 Å². The highest BCUT2D eigenvalue weighted by Crippen LogP contribution is 2.36. The molecule has 1 unspecified atom stereocenters. The lowest BCUT2D eigenvalue weighted by Gasteiger charge is -2.29. The van der Waals surface area contributed by atoms with E-state index in [0.717, 1.165) is 24.1 Å². The molecule has 1 heterocycles. The standard InChI is InChI=1S/C17H23NO2/c19-17(20)15-8-3-5-13(11-15)12-18-10-4-9-16(18)14-6-1-2-7-14/h3,5,8,11,14,16H,1-2,4,6-7,9-10,12H2,(H,19,20). The maximum Gasteiger partial charge on any atom is 0.335 e. The van der Waals surface area contributed by atoms with Gasteiger partial charge in [-0.25, -0.2) is 4.79 Å². The Balaban J connectivity index is 1.69. The highest BCUT2D eigenvalue weighted by molar-refractivity contribution is 5.87. The van der Waals surface area contributed by atoms with Crippen molar-refractivity contribution in [1.29, 1.82) is 0 Å². The molecule has 1 aliphatic heterocycles. The molecule has 3 rings (SSSR count). The largest absolute Gasteiger partial charge is 0.478 e. The lowest BCUT2D eigenvalue weighted by atomic mass is 9.95. The zero-order chi connectivity index (χ0) is 13.9. The average molecular weight is 273 g/mol. The van der Waals surface area contributed by atoms with E-state index in [1.54, 1.807) is 6.07 Å². The van der Waals surface area contributed by atoms with Crippen molar-refractivity contribution >= 4 is 5.97 Å².